The summed E-state index contributed by atoms with van der Waals surface area (Å²) in [5.41, 5.74) is 0.106. The number of hydrogen-bond acceptors (Lipinski definition) is 2. The van der Waals surface area contributed by atoms with E-state index in [1.807, 2.05) is 10.9 Å². The van der Waals surface area contributed by atoms with Crippen LogP contribution in [-0.2, 0) is 6.54 Å². The van der Waals surface area contributed by atoms with Crippen LogP contribution in [0.15, 0.2) is 12.4 Å². The van der Waals surface area contributed by atoms with E-state index in [4.69, 9.17) is 16.3 Å². The summed E-state index contributed by atoms with van der Waals surface area (Å²) in [5.74, 6) is 0.867. The van der Waals surface area contributed by atoms with Gasteiger partial charge in [0.25, 0.3) is 0 Å². The predicted molar refractivity (Wildman–Crippen MR) is 69.6 cm³/mol. The van der Waals surface area contributed by atoms with Crippen LogP contribution in [0.5, 0.6) is 5.75 Å². The summed E-state index contributed by atoms with van der Waals surface area (Å²) in [7, 11) is 0. The lowest BCUT2D eigenvalue weighted by Crippen LogP contribution is -2.55. The van der Waals surface area contributed by atoms with Crippen molar-refractivity contribution in [3.63, 3.8) is 0 Å². The molecule has 0 radical (unpaired) electrons. The Bertz CT molecular complexity index is 379. The Balaban J connectivity index is 1.97. The fraction of sp³-hybridized carbons (Fsp3) is 0.769. The second-order valence-electron chi connectivity index (χ2n) is 5.11. The average molecular weight is 257 g/mol. The van der Waals surface area contributed by atoms with Crippen LogP contribution in [0.1, 0.15) is 40.0 Å². The van der Waals surface area contributed by atoms with Crippen molar-refractivity contribution in [2.45, 2.75) is 58.1 Å². The number of alkyl halides is 1. The van der Waals surface area contributed by atoms with E-state index < -0.39 is 0 Å². The molecule has 1 saturated carbocycles. The number of ether oxygens (including phenoxy) is 1. The Morgan fingerprint density at radius 3 is 2.94 bits per heavy atom. The van der Waals surface area contributed by atoms with Crippen molar-refractivity contribution in [1.82, 2.24) is 9.78 Å². The zero-order chi connectivity index (χ0) is 12.5. The van der Waals surface area contributed by atoms with Crippen LogP contribution in [0, 0.1) is 5.41 Å². The smallest absolute Gasteiger partial charge is 0.157 e. The third-order valence-electron chi connectivity index (χ3n) is 3.97. The summed E-state index contributed by atoms with van der Waals surface area (Å²) < 4.78 is 7.91. The highest BCUT2D eigenvalue weighted by molar-refractivity contribution is 6.21. The van der Waals surface area contributed by atoms with E-state index in [-0.39, 0.29) is 16.9 Å². The van der Waals surface area contributed by atoms with Crippen molar-refractivity contribution in [3.05, 3.63) is 12.4 Å². The lowest BCUT2D eigenvalue weighted by Gasteiger charge is -2.50. The van der Waals surface area contributed by atoms with E-state index >= 15 is 0 Å². The third-order valence-corrected chi connectivity index (χ3v) is 4.65. The molecule has 1 fully saturated rings. The van der Waals surface area contributed by atoms with Crippen molar-refractivity contribution >= 4 is 11.6 Å². The van der Waals surface area contributed by atoms with Crippen molar-refractivity contribution in [3.8, 4) is 5.75 Å². The standard InChI is InChI=1S/C13H21ClN2O/c1-4-6-16-9-10(8-15-16)17-12-7-11(14)13(12,3)5-2/h8-9,11-12H,4-7H2,1-3H3. The number of aromatic nitrogens is 2. The number of halogens is 1. The SMILES string of the molecule is CCCn1cc(OC2CC(Cl)C2(C)CC)cn1. The van der Waals surface area contributed by atoms with Gasteiger partial charge in [0, 0.05) is 23.8 Å². The van der Waals surface area contributed by atoms with E-state index in [1.54, 1.807) is 6.20 Å². The molecule has 4 heteroatoms. The minimum atomic E-state index is 0.106. The van der Waals surface area contributed by atoms with Gasteiger partial charge in [-0.15, -0.1) is 11.6 Å². The molecule has 3 unspecified atom stereocenters. The molecule has 0 aliphatic heterocycles. The third kappa shape index (κ3) is 2.30. The van der Waals surface area contributed by atoms with E-state index in [0.717, 1.165) is 31.6 Å². The molecule has 3 atom stereocenters. The molecule has 2 rings (SSSR count). The van der Waals surface area contributed by atoms with Gasteiger partial charge in [0.05, 0.1) is 12.4 Å². The molecule has 0 bridgehead atoms. The Kier molecular flexibility index (Phi) is 3.67. The van der Waals surface area contributed by atoms with Gasteiger partial charge in [-0.3, -0.25) is 4.68 Å². The van der Waals surface area contributed by atoms with E-state index in [0.29, 0.717) is 0 Å². The van der Waals surface area contributed by atoms with Crippen molar-refractivity contribution in [2.75, 3.05) is 0 Å². The van der Waals surface area contributed by atoms with Crippen LogP contribution in [0.4, 0.5) is 0 Å². The maximum Gasteiger partial charge on any atom is 0.157 e. The van der Waals surface area contributed by atoms with Crippen LogP contribution < -0.4 is 4.74 Å². The lowest BCUT2D eigenvalue weighted by atomic mass is 9.65. The molecular formula is C13H21ClN2O. The highest BCUT2D eigenvalue weighted by atomic mass is 35.5. The first kappa shape index (κ1) is 12.7. The van der Waals surface area contributed by atoms with Crippen LogP contribution >= 0.6 is 11.6 Å². The maximum atomic E-state index is 6.27. The molecule has 17 heavy (non-hydrogen) atoms. The van der Waals surface area contributed by atoms with Crippen molar-refractivity contribution in [1.29, 1.82) is 0 Å². The number of hydrogen-bond donors (Lipinski definition) is 0. The van der Waals surface area contributed by atoms with Crippen LogP contribution in [-0.4, -0.2) is 21.3 Å². The Morgan fingerprint density at radius 2 is 2.35 bits per heavy atom. The molecule has 0 N–H and O–H groups in total. The minimum absolute atomic E-state index is 0.106. The molecule has 1 aromatic heterocycles. The van der Waals surface area contributed by atoms with E-state index in [9.17, 15) is 0 Å². The predicted octanol–water partition coefficient (Wildman–Crippen LogP) is 3.47. The summed E-state index contributed by atoms with van der Waals surface area (Å²) in [6, 6.07) is 0. The average Bonchev–Trinajstić information content (AvgIpc) is 2.76. The molecule has 3 nitrogen and oxygen atoms in total. The van der Waals surface area contributed by atoms with Gasteiger partial charge in [-0.2, -0.15) is 5.10 Å². The second kappa shape index (κ2) is 4.89. The summed E-state index contributed by atoms with van der Waals surface area (Å²) >= 11 is 6.27. The van der Waals surface area contributed by atoms with Gasteiger partial charge in [0.1, 0.15) is 6.10 Å². The van der Waals surface area contributed by atoms with Crippen molar-refractivity contribution in [2.24, 2.45) is 5.41 Å². The summed E-state index contributed by atoms with van der Waals surface area (Å²) in [6.07, 6.45) is 7.07. The van der Waals surface area contributed by atoms with Crippen molar-refractivity contribution < 1.29 is 4.74 Å². The number of nitrogens with zero attached hydrogens (tertiary/aromatic N) is 2. The lowest BCUT2D eigenvalue weighted by molar-refractivity contribution is -0.0295. The van der Waals surface area contributed by atoms with E-state index in [1.165, 1.54) is 0 Å². The molecule has 1 aliphatic carbocycles. The normalized spacial score (nSPS) is 32.2. The summed E-state index contributed by atoms with van der Waals surface area (Å²) in [4.78, 5) is 0. The first-order valence-corrected chi connectivity index (χ1v) is 6.87. The topological polar surface area (TPSA) is 27.1 Å². The molecule has 1 aromatic rings. The maximum absolute atomic E-state index is 6.27. The highest BCUT2D eigenvalue weighted by Crippen LogP contribution is 2.49. The molecule has 0 aromatic carbocycles. The van der Waals surface area contributed by atoms with Gasteiger partial charge < -0.3 is 4.74 Å². The molecule has 1 aliphatic rings. The molecular weight excluding hydrogens is 236 g/mol. The van der Waals surface area contributed by atoms with Gasteiger partial charge in [-0.1, -0.05) is 20.8 Å². The highest BCUT2D eigenvalue weighted by Gasteiger charge is 2.51. The first-order chi connectivity index (χ1) is 8.10. The quantitative estimate of drug-likeness (QED) is 0.755. The first-order valence-electron chi connectivity index (χ1n) is 6.43. The van der Waals surface area contributed by atoms with Crippen LogP contribution in [0.2, 0.25) is 0 Å². The molecule has 96 valence electrons. The molecule has 0 saturated heterocycles. The monoisotopic (exact) mass is 256 g/mol. The fourth-order valence-electron chi connectivity index (χ4n) is 2.32. The van der Waals surface area contributed by atoms with Gasteiger partial charge in [0.15, 0.2) is 5.75 Å². The Labute approximate surface area is 108 Å². The minimum Gasteiger partial charge on any atom is -0.486 e. The van der Waals surface area contributed by atoms with Crippen LogP contribution in [0.3, 0.4) is 0 Å². The van der Waals surface area contributed by atoms with Crippen LogP contribution in [0.25, 0.3) is 0 Å². The zero-order valence-electron chi connectivity index (χ0n) is 10.8. The Hall–Kier alpha value is -0.700. The summed E-state index contributed by atoms with van der Waals surface area (Å²) in [5, 5.41) is 4.51. The van der Waals surface area contributed by atoms with Gasteiger partial charge in [0.2, 0.25) is 0 Å². The van der Waals surface area contributed by atoms with Gasteiger partial charge in [-0.05, 0) is 12.8 Å². The summed E-state index contributed by atoms with van der Waals surface area (Å²) in [6.45, 7) is 7.46. The number of rotatable bonds is 5. The Morgan fingerprint density at radius 1 is 1.59 bits per heavy atom. The number of aryl methyl sites for hydroxylation is 1. The molecule has 1 heterocycles. The zero-order valence-corrected chi connectivity index (χ0v) is 11.6. The second-order valence-corrected chi connectivity index (χ2v) is 5.64. The van der Waals surface area contributed by atoms with Gasteiger partial charge >= 0.3 is 0 Å². The fourth-order valence-corrected chi connectivity index (χ4v) is 2.78. The van der Waals surface area contributed by atoms with Gasteiger partial charge in [-0.25, -0.2) is 0 Å². The molecule has 0 spiro atoms. The largest absolute Gasteiger partial charge is 0.486 e. The van der Waals surface area contributed by atoms with E-state index in [2.05, 4.69) is 25.9 Å². The molecule has 0 amide bonds.